The minimum absolute atomic E-state index is 0.00439. The second kappa shape index (κ2) is 9.15. The van der Waals surface area contributed by atoms with Crippen molar-refractivity contribution >= 4 is 27.6 Å². The van der Waals surface area contributed by atoms with Crippen molar-refractivity contribution < 1.29 is 27.5 Å². The number of carbonyl (C=O) groups excluding carboxylic acids is 2. The van der Waals surface area contributed by atoms with Crippen LogP contribution in [-0.2, 0) is 24.3 Å². The Morgan fingerprint density at radius 1 is 1.07 bits per heavy atom. The average Bonchev–Trinajstić information content (AvgIpc) is 2.62. The molecule has 0 aromatic heterocycles. The topological polar surface area (TPSA) is 125 Å². The van der Waals surface area contributed by atoms with Gasteiger partial charge in [0.15, 0.2) is 6.10 Å². The van der Waals surface area contributed by atoms with E-state index in [9.17, 15) is 18.0 Å². The zero-order valence-electron chi connectivity index (χ0n) is 14.6. The minimum Gasteiger partial charge on any atom is -0.493 e. The number of esters is 1. The fourth-order valence-corrected chi connectivity index (χ4v) is 2.57. The fourth-order valence-electron chi connectivity index (χ4n) is 2.05. The van der Waals surface area contributed by atoms with E-state index in [2.05, 4.69) is 5.32 Å². The van der Waals surface area contributed by atoms with Crippen LogP contribution in [0.3, 0.4) is 0 Å². The van der Waals surface area contributed by atoms with Crippen LogP contribution in [0.5, 0.6) is 5.75 Å². The quantitative estimate of drug-likeness (QED) is 0.659. The molecule has 0 saturated heterocycles. The summed E-state index contributed by atoms with van der Waals surface area (Å²) in [6, 6.07) is 14.3. The van der Waals surface area contributed by atoms with E-state index < -0.39 is 28.0 Å². The highest BCUT2D eigenvalue weighted by atomic mass is 32.2. The van der Waals surface area contributed by atoms with Crippen molar-refractivity contribution in [3.05, 3.63) is 54.6 Å². The highest BCUT2D eigenvalue weighted by molar-refractivity contribution is 7.89. The lowest BCUT2D eigenvalue weighted by atomic mass is 10.3. The van der Waals surface area contributed by atoms with Crippen LogP contribution in [0.2, 0.25) is 0 Å². The molecule has 144 valence electrons. The lowest BCUT2D eigenvalue weighted by Crippen LogP contribution is -2.30. The molecule has 0 radical (unpaired) electrons. The standard InChI is InChI=1S/C18H20N2O6S/c1-13(26-17(21)11-12-25-15-5-3-2-4-6-15)18(22)20-14-7-9-16(10-8-14)27(19,23)24/h2-10,13H,11-12H2,1H3,(H,20,22)(H2,19,23,24). The predicted molar refractivity (Wildman–Crippen MR) is 98.6 cm³/mol. The van der Waals surface area contributed by atoms with Gasteiger partial charge in [-0.15, -0.1) is 0 Å². The summed E-state index contributed by atoms with van der Waals surface area (Å²) in [5.74, 6) is -0.479. The molecule has 3 N–H and O–H groups in total. The van der Waals surface area contributed by atoms with E-state index in [1.165, 1.54) is 31.2 Å². The fraction of sp³-hybridized carbons (Fsp3) is 0.222. The highest BCUT2D eigenvalue weighted by Gasteiger charge is 2.18. The van der Waals surface area contributed by atoms with Crippen molar-refractivity contribution in [2.75, 3.05) is 11.9 Å². The smallest absolute Gasteiger partial charge is 0.310 e. The van der Waals surface area contributed by atoms with Crippen molar-refractivity contribution in [1.82, 2.24) is 0 Å². The Hall–Kier alpha value is -2.91. The summed E-state index contributed by atoms with van der Waals surface area (Å²) in [7, 11) is -3.80. The molecular formula is C18H20N2O6S. The number of sulfonamides is 1. The molecule has 1 amide bonds. The van der Waals surface area contributed by atoms with Crippen molar-refractivity contribution in [3.8, 4) is 5.75 Å². The Labute approximate surface area is 157 Å². The van der Waals surface area contributed by atoms with E-state index in [0.29, 0.717) is 11.4 Å². The maximum atomic E-state index is 12.1. The summed E-state index contributed by atoms with van der Waals surface area (Å²) < 4.78 is 32.8. The number of hydrogen-bond acceptors (Lipinski definition) is 6. The molecule has 2 rings (SSSR count). The maximum absolute atomic E-state index is 12.1. The Bertz CT molecular complexity index is 882. The Balaban J connectivity index is 1.78. The van der Waals surface area contributed by atoms with Crippen molar-refractivity contribution in [1.29, 1.82) is 0 Å². The Kier molecular flexibility index (Phi) is 6.91. The first-order chi connectivity index (χ1) is 12.8. The molecule has 2 aromatic rings. The molecule has 0 saturated carbocycles. The normalized spacial score (nSPS) is 12.1. The van der Waals surface area contributed by atoms with Gasteiger partial charge in [0.2, 0.25) is 10.0 Å². The summed E-state index contributed by atoms with van der Waals surface area (Å²) in [5.41, 5.74) is 0.350. The monoisotopic (exact) mass is 392 g/mol. The number of ether oxygens (including phenoxy) is 2. The molecule has 0 aliphatic carbocycles. The number of anilines is 1. The first-order valence-electron chi connectivity index (χ1n) is 8.07. The van der Waals surface area contributed by atoms with Gasteiger partial charge in [-0.1, -0.05) is 18.2 Å². The zero-order chi connectivity index (χ0) is 19.9. The highest BCUT2D eigenvalue weighted by Crippen LogP contribution is 2.13. The van der Waals surface area contributed by atoms with Gasteiger partial charge in [-0.25, -0.2) is 13.6 Å². The number of amides is 1. The summed E-state index contributed by atoms with van der Waals surface area (Å²) in [4.78, 5) is 23.8. The Morgan fingerprint density at radius 2 is 1.70 bits per heavy atom. The van der Waals surface area contributed by atoms with Gasteiger partial charge in [0.25, 0.3) is 5.91 Å². The van der Waals surface area contributed by atoms with E-state index in [1.807, 2.05) is 18.2 Å². The third kappa shape index (κ3) is 6.72. The molecule has 0 fully saturated rings. The van der Waals surface area contributed by atoms with Crippen LogP contribution >= 0.6 is 0 Å². The molecule has 0 aliphatic heterocycles. The molecule has 1 atom stereocenters. The average molecular weight is 392 g/mol. The molecular weight excluding hydrogens is 372 g/mol. The van der Waals surface area contributed by atoms with Crippen LogP contribution in [0.25, 0.3) is 0 Å². The van der Waals surface area contributed by atoms with Crippen LogP contribution in [0.4, 0.5) is 5.69 Å². The molecule has 9 heteroatoms. The third-order valence-corrected chi connectivity index (χ3v) is 4.38. The number of benzene rings is 2. The molecule has 1 unspecified atom stereocenters. The van der Waals surface area contributed by atoms with Gasteiger partial charge >= 0.3 is 5.97 Å². The van der Waals surface area contributed by atoms with Crippen molar-refractivity contribution in [2.45, 2.75) is 24.3 Å². The summed E-state index contributed by atoms with van der Waals surface area (Å²) in [5, 5.41) is 7.53. The minimum atomic E-state index is -3.80. The van der Waals surface area contributed by atoms with E-state index in [-0.39, 0.29) is 17.9 Å². The molecule has 8 nitrogen and oxygen atoms in total. The molecule has 2 aromatic carbocycles. The number of nitrogens with one attached hydrogen (secondary N) is 1. The summed E-state index contributed by atoms with van der Waals surface area (Å²) >= 11 is 0. The SMILES string of the molecule is CC(OC(=O)CCOc1ccccc1)C(=O)Nc1ccc(S(N)(=O)=O)cc1. The van der Waals surface area contributed by atoms with E-state index in [1.54, 1.807) is 12.1 Å². The Morgan fingerprint density at radius 3 is 2.30 bits per heavy atom. The third-order valence-electron chi connectivity index (χ3n) is 3.45. The van der Waals surface area contributed by atoms with Gasteiger partial charge in [0.05, 0.1) is 17.9 Å². The van der Waals surface area contributed by atoms with Gasteiger partial charge in [0.1, 0.15) is 5.75 Å². The lowest BCUT2D eigenvalue weighted by Gasteiger charge is -2.14. The van der Waals surface area contributed by atoms with Crippen LogP contribution in [0, 0.1) is 0 Å². The second-order valence-electron chi connectivity index (χ2n) is 5.60. The first-order valence-corrected chi connectivity index (χ1v) is 9.61. The van der Waals surface area contributed by atoms with E-state index >= 15 is 0 Å². The summed E-state index contributed by atoms with van der Waals surface area (Å²) in [6.45, 7) is 1.57. The van der Waals surface area contributed by atoms with E-state index in [4.69, 9.17) is 14.6 Å². The second-order valence-corrected chi connectivity index (χ2v) is 7.16. The molecule has 0 bridgehead atoms. The van der Waals surface area contributed by atoms with Gasteiger partial charge in [-0.05, 0) is 43.3 Å². The van der Waals surface area contributed by atoms with Gasteiger partial charge < -0.3 is 14.8 Å². The first kappa shape index (κ1) is 20.4. The number of rotatable bonds is 8. The zero-order valence-corrected chi connectivity index (χ0v) is 15.4. The number of para-hydroxylation sites is 1. The van der Waals surface area contributed by atoms with E-state index in [0.717, 1.165) is 0 Å². The van der Waals surface area contributed by atoms with Gasteiger partial charge in [-0.2, -0.15) is 0 Å². The van der Waals surface area contributed by atoms with Gasteiger partial charge in [-0.3, -0.25) is 9.59 Å². The number of primary sulfonamides is 1. The number of carbonyl (C=O) groups is 2. The van der Waals surface area contributed by atoms with Crippen molar-refractivity contribution in [3.63, 3.8) is 0 Å². The van der Waals surface area contributed by atoms with Crippen LogP contribution in [-0.4, -0.2) is 33.0 Å². The molecule has 0 aliphatic rings. The number of hydrogen-bond donors (Lipinski definition) is 2. The summed E-state index contributed by atoms with van der Waals surface area (Å²) in [6.07, 6.45) is -1.03. The predicted octanol–water partition coefficient (Wildman–Crippen LogP) is 1.67. The van der Waals surface area contributed by atoms with Crippen LogP contribution in [0.15, 0.2) is 59.5 Å². The van der Waals surface area contributed by atoms with Crippen LogP contribution in [0.1, 0.15) is 13.3 Å². The molecule has 27 heavy (non-hydrogen) atoms. The maximum Gasteiger partial charge on any atom is 0.310 e. The molecule has 0 heterocycles. The van der Waals surface area contributed by atoms with Crippen LogP contribution < -0.4 is 15.2 Å². The van der Waals surface area contributed by atoms with Crippen molar-refractivity contribution in [2.24, 2.45) is 5.14 Å². The lowest BCUT2D eigenvalue weighted by molar-refractivity contribution is -0.153. The van der Waals surface area contributed by atoms with Gasteiger partial charge in [0, 0.05) is 5.69 Å². The number of nitrogens with two attached hydrogens (primary N) is 1. The molecule has 0 spiro atoms. The largest absolute Gasteiger partial charge is 0.493 e.